The third kappa shape index (κ3) is 3.02. The SMILES string of the molecule is O=C(O)c1c(-c2ccccc2)c(-c2ccccc2)nn1C1CCNCC1. The number of benzene rings is 2. The van der Waals surface area contributed by atoms with Crippen LogP contribution in [0.1, 0.15) is 29.4 Å². The van der Waals surface area contributed by atoms with E-state index in [4.69, 9.17) is 5.10 Å². The van der Waals surface area contributed by atoms with Crippen LogP contribution in [0.3, 0.4) is 0 Å². The number of carboxylic acids is 1. The molecule has 0 bridgehead atoms. The molecular weight excluding hydrogens is 326 g/mol. The summed E-state index contributed by atoms with van der Waals surface area (Å²) in [5.74, 6) is -0.933. The Morgan fingerprint density at radius 3 is 2.12 bits per heavy atom. The monoisotopic (exact) mass is 347 g/mol. The first kappa shape index (κ1) is 16.5. The summed E-state index contributed by atoms with van der Waals surface area (Å²) in [5.41, 5.74) is 3.52. The number of hydrogen-bond acceptors (Lipinski definition) is 3. The molecule has 0 spiro atoms. The molecule has 5 heteroatoms. The molecule has 0 saturated carbocycles. The van der Waals surface area contributed by atoms with Gasteiger partial charge in [-0.05, 0) is 31.5 Å². The average molecular weight is 347 g/mol. The van der Waals surface area contributed by atoms with E-state index in [0.29, 0.717) is 5.56 Å². The summed E-state index contributed by atoms with van der Waals surface area (Å²) in [4.78, 5) is 12.2. The summed E-state index contributed by atoms with van der Waals surface area (Å²) in [6.45, 7) is 1.76. The first-order valence-electron chi connectivity index (χ1n) is 8.93. The van der Waals surface area contributed by atoms with E-state index >= 15 is 0 Å². The second-order valence-corrected chi connectivity index (χ2v) is 6.54. The van der Waals surface area contributed by atoms with Crippen LogP contribution in [0.25, 0.3) is 22.4 Å². The number of aromatic carboxylic acids is 1. The molecule has 1 aromatic heterocycles. The van der Waals surface area contributed by atoms with Crippen LogP contribution >= 0.6 is 0 Å². The van der Waals surface area contributed by atoms with Crippen LogP contribution in [0.4, 0.5) is 0 Å². The maximum atomic E-state index is 12.2. The van der Waals surface area contributed by atoms with E-state index in [-0.39, 0.29) is 11.7 Å². The molecule has 4 rings (SSSR count). The molecule has 1 saturated heterocycles. The zero-order valence-electron chi connectivity index (χ0n) is 14.4. The van der Waals surface area contributed by atoms with Crippen LogP contribution in [0.15, 0.2) is 60.7 Å². The van der Waals surface area contributed by atoms with Crippen molar-refractivity contribution in [1.29, 1.82) is 0 Å². The predicted octanol–water partition coefficient (Wildman–Crippen LogP) is 3.84. The highest BCUT2D eigenvalue weighted by Gasteiger charge is 2.29. The molecule has 1 fully saturated rings. The first-order valence-corrected chi connectivity index (χ1v) is 8.93. The van der Waals surface area contributed by atoms with Crippen LogP contribution in [0, 0.1) is 0 Å². The van der Waals surface area contributed by atoms with Gasteiger partial charge in [0.05, 0.1) is 6.04 Å². The van der Waals surface area contributed by atoms with E-state index in [1.54, 1.807) is 4.68 Å². The number of rotatable bonds is 4. The summed E-state index contributed by atoms with van der Waals surface area (Å²) in [6, 6.07) is 19.6. The minimum Gasteiger partial charge on any atom is -0.477 e. The minimum absolute atomic E-state index is 0.0993. The van der Waals surface area contributed by atoms with Gasteiger partial charge in [-0.2, -0.15) is 5.10 Å². The summed E-state index contributed by atoms with van der Waals surface area (Å²) in [6.07, 6.45) is 1.76. The normalized spacial score (nSPS) is 15.1. The Morgan fingerprint density at radius 2 is 1.54 bits per heavy atom. The first-order chi connectivity index (χ1) is 12.8. The zero-order valence-corrected chi connectivity index (χ0v) is 14.4. The summed E-state index contributed by atoms with van der Waals surface area (Å²) in [5, 5.41) is 18.2. The fraction of sp³-hybridized carbons (Fsp3) is 0.238. The zero-order chi connectivity index (χ0) is 17.9. The quantitative estimate of drug-likeness (QED) is 0.752. The number of hydrogen-bond donors (Lipinski definition) is 2. The van der Waals surface area contributed by atoms with E-state index in [2.05, 4.69) is 5.32 Å². The van der Waals surface area contributed by atoms with Gasteiger partial charge in [0.25, 0.3) is 0 Å². The second kappa shape index (κ2) is 7.14. The lowest BCUT2D eigenvalue weighted by atomic mass is 9.98. The Kier molecular flexibility index (Phi) is 4.54. The lowest BCUT2D eigenvalue weighted by molar-refractivity contribution is 0.0679. The van der Waals surface area contributed by atoms with Crippen molar-refractivity contribution in [3.8, 4) is 22.4 Å². The molecule has 0 unspecified atom stereocenters. The molecule has 0 amide bonds. The summed E-state index contributed by atoms with van der Waals surface area (Å²) < 4.78 is 1.74. The molecule has 2 heterocycles. The molecule has 1 aliphatic rings. The average Bonchev–Trinajstić information content (AvgIpc) is 3.11. The van der Waals surface area contributed by atoms with Gasteiger partial charge < -0.3 is 10.4 Å². The molecule has 26 heavy (non-hydrogen) atoms. The van der Waals surface area contributed by atoms with Crippen molar-refractivity contribution in [2.75, 3.05) is 13.1 Å². The molecule has 5 nitrogen and oxygen atoms in total. The van der Waals surface area contributed by atoms with E-state index in [9.17, 15) is 9.90 Å². The van der Waals surface area contributed by atoms with Crippen LogP contribution in [-0.4, -0.2) is 33.9 Å². The summed E-state index contributed by atoms with van der Waals surface area (Å²) in [7, 11) is 0. The van der Waals surface area contributed by atoms with Crippen molar-refractivity contribution in [3.05, 3.63) is 66.4 Å². The van der Waals surface area contributed by atoms with Crippen molar-refractivity contribution in [1.82, 2.24) is 15.1 Å². The van der Waals surface area contributed by atoms with Crippen molar-refractivity contribution < 1.29 is 9.90 Å². The predicted molar refractivity (Wildman–Crippen MR) is 101 cm³/mol. The van der Waals surface area contributed by atoms with Gasteiger partial charge in [0, 0.05) is 11.1 Å². The Labute approximate surface area is 152 Å². The second-order valence-electron chi connectivity index (χ2n) is 6.54. The third-order valence-electron chi connectivity index (χ3n) is 4.88. The van der Waals surface area contributed by atoms with Crippen LogP contribution in [-0.2, 0) is 0 Å². The number of nitrogens with zero attached hydrogens (tertiary/aromatic N) is 2. The van der Waals surface area contributed by atoms with Crippen molar-refractivity contribution in [3.63, 3.8) is 0 Å². The smallest absolute Gasteiger partial charge is 0.354 e. The number of piperidine rings is 1. The van der Waals surface area contributed by atoms with Crippen molar-refractivity contribution in [2.45, 2.75) is 18.9 Å². The fourth-order valence-corrected chi connectivity index (χ4v) is 3.63. The number of carboxylic acid groups (broad SMARTS) is 1. The largest absolute Gasteiger partial charge is 0.477 e. The lowest BCUT2D eigenvalue weighted by Gasteiger charge is -2.24. The Balaban J connectivity index is 1.96. The van der Waals surface area contributed by atoms with Gasteiger partial charge in [-0.25, -0.2) is 4.79 Å². The number of aromatic nitrogens is 2. The molecule has 2 aromatic carbocycles. The fourth-order valence-electron chi connectivity index (χ4n) is 3.63. The number of carbonyl (C=O) groups is 1. The summed E-state index contributed by atoms with van der Waals surface area (Å²) >= 11 is 0. The van der Waals surface area contributed by atoms with Gasteiger partial charge >= 0.3 is 5.97 Å². The van der Waals surface area contributed by atoms with E-state index in [1.165, 1.54) is 0 Å². The maximum Gasteiger partial charge on any atom is 0.354 e. The van der Waals surface area contributed by atoms with E-state index in [0.717, 1.165) is 42.8 Å². The molecule has 132 valence electrons. The van der Waals surface area contributed by atoms with Gasteiger partial charge in [0.15, 0.2) is 5.69 Å². The highest BCUT2D eigenvalue weighted by Crippen LogP contribution is 2.37. The van der Waals surface area contributed by atoms with E-state index < -0.39 is 5.97 Å². The van der Waals surface area contributed by atoms with Gasteiger partial charge in [-0.1, -0.05) is 60.7 Å². The van der Waals surface area contributed by atoms with Crippen LogP contribution < -0.4 is 5.32 Å². The Hall–Kier alpha value is -2.92. The van der Waals surface area contributed by atoms with Crippen LogP contribution in [0.2, 0.25) is 0 Å². The molecule has 1 aliphatic heterocycles. The Bertz CT molecular complexity index is 898. The van der Waals surface area contributed by atoms with Gasteiger partial charge in [0.2, 0.25) is 0 Å². The molecule has 0 aliphatic carbocycles. The molecular formula is C21H21N3O2. The molecule has 2 N–H and O–H groups in total. The molecule has 0 atom stereocenters. The highest BCUT2D eigenvalue weighted by molar-refractivity contribution is 5.99. The topological polar surface area (TPSA) is 67.1 Å². The van der Waals surface area contributed by atoms with E-state index in [1.807, 2.05) is 60.7 Å². The van der Waals surface area contributed by atoms with Gasteiger partial charge in [-0.15, -0.1) is 0 Å². The van der Waals surface area contributed by atoms with Crippen molar-refractivity contribution >= 4 is 5.97 Å². The third-order valence-corrected chi connectivity index (χ3v) is 4.88. The van der Waals surface area contributed by atoms with Gasteiger partial charge in [-0.3, -0.25) is 4.68 Å². The molecule has 3 aromatic rings. The lowest BCUT2D eigenvalue weighted by Crippen LogP contribution is -2.31. The highest BCUT2D eigenvalue weighted by atomic mass is 16.4. The standard InChI is InChI=1S/C21H21N3O2/c25-21(26)20-18(15-7-3-1-4-8-15)19(16-9-5-2-6-10-16)23-24(20)17-11-13-22-14-12-17/h1-10,17,22H,11-14H2,(H,25,26). The maximum absolute atomic E-state index is 12.2. The minimum atomic E-state index is -0.933. The van der Waals surface area contributed by atoms with Crippen LogP contribution in [0.5, 0.6) is 0 Å². The Morgan fingerprint density at radius 1 is 0.962 bits per heavy atom. The van der Waals surface area contributed by atoms with Crippen molar-refractivity contribution in [2.24, 2.45) is 0 Å². The number of nitrogens with one attached hydrogen (secondary N) is 1. The molecule has 0 radical (unpaired) electrons. The van der Waals surface area contributed by atoms with Gasteiger partial charge in [0.1, 0.15) is 5.69 Å².